The second kappa shape index (κ2) is 5.60. The zero-order chi connectivity index (χ0) is 12.3. The van der Waals surface area contributed by atoms with Gasteiger partial charge in [-0.3, -0.25) is 4.79 Å². The summed E-state index contributed by atoms with van der Waals surface area (Å²) in [5, 5.41) is 0.975. The van der Waals surface area contributed by atoms with E-state index in [1.54, 1.807) is 7.11 Å². The lowest BCUT2D eigenvalue weighted by molar-refractivity contribution is 0.112. The van der Waals surface area contributed by atoms with Crippen LogP contribution in [0.25, 0.3) is 0 Å². The monoisotopic (exact) mass is 254 g/mol. The number of hydrogen-bond acceptors (Lipinski definition) is 5. The van der Waals surface area contributed by atoms with Gasteiger partial charge in [-0.15, -0.1) is 0 Å². The third kappa shape index (κ3) is 2.50. The predicted molar refractivity (Wildman–Crippen MR) is 68.9 cm³/mol. The van der Waals surface area contributed by atoms with Gasteiger partial charge in [0.1, 0.15) is 0 Å². The predicted octanol–water partition coefficient (Wildman–Crippen LogP) is 2.48. The highest BCUT2D eigenvalue weighted by atomic mass is 32.1. The average molecular weight is 254 g/mol. The van der Waals surface area contributed by atoms with Crippen molar-refractivity contribution < 1.29 is 9.53 Å². The summed E-state index contributed by atoms with van der Waals surface area (Å²) in [7, 11) is 1.62. The molecule has 0 radical (unpaired) electrons. The Kier molecular flexibility index (Phi) is 4.12. The number of anilines is 1. The van der Waals surface area contributed by atoms with Crippen LogP contribution >= 0.6 is 11.3 Å². The normalized spacial score (nSPS) is 19.9. The number of thiazole rings is 1. The van der Waals surface area contributed by atoms with Crippen LogP contribution < -0.4 is 4.90 Å². The van der Waals surface area contributed by atoms with Crippen LogP contribution in [0.2, 0.25) is 0 Å². The zero-order valence-electron chi connectivity index (χ0n) is 10.3. The number of carbonyl (C=O) groups is 1. The molecule has 94 valence electrons. The van der Waals surface area contributed by atoms with Gasteiger partial charge in [0.15, 0.2) is 11.4 Å². The highest BCUT2D eigenvalue weighted by Gasteiger charge is 2.26. The van der Waals surface area contributed by atoms with Gasteiger partial charge in [-0.25, -0.2) is 4.98 Å². The van der Waals surface area contributed by atoms with E-state index < -0.39 is 0 Å². The molecule has 0 spiro atoms. The molecule has 1 aliphatic rings. The molecule has 5 heteroatoms. The Hall–Kier alpha value is -0.940. The summed E-state index contributed by atoms with van der Waals surface area (Å²) in [6.45, 7) is 3.67. The standard InChI is InChI=1S/C12H18N2O2S/c1-3-9-5-4-6-14(9)12-13-10(8-16-2)11(7-15)17-12/h7,9H,3-6,8H2,1-2H3. The van der Waals surface area contributed by atoms with E-state index in [-0.39, 0.29) is 0 Å². The maximum atomic E-state index is 11.0. The lowest BCUT2D eigenvalue weighted by Gasteiger charge is -2.22. The fourth-order valence-corrected chi connectivity index (χ4v) is 3.30. The van der Waals surface area contributed by atoms with Crippen molar-refractivity contribution in [2.75, 3.05) is 18.6 Å². The lowest BCUT2D eigenvalue weighted by atomic mass is 10.2. The van der Waals surface area contributed by atoms with Gasteiger partial charge in [0, 0.05) is 19.7 Å². The van der Waals surface area contributed by atoms with Gasteiger partial charge in [0.25, 0.3) is 0 Å². The molecule has 1 aromatic rings. The number of hydrogen-bond donors (Lipinski definition) is 0. The quantitative estimate of drug-likeness (QED) is 0.757. The van der Waals surface area contributed by atoms with E-state index in [1.165, 1.54) is 24.2 Å². The summed E-state index contributed by atoms with van der Waals surface area (Å²) >= 11 is 1.48. The highest BCUT2D eigenvalue weighted by molar-refractivity contribution is 7.17. The smallest absolute Gasteiger partial charge is 0.186 e. The largest absolute Gasteiger partial charge is 0.378 e. The topological polar surface area (TPSA) is 42.4 Å². The lowest BCUT2D eigenvalue weighted by Crippen LogP contribution is -2.28. The van der Waals surface area contributed by atoms with Gasteiger partial charge < -0.3 is 9.64 Å². The van der Waals surface area contributed by atoms with Crippen molar-refractivity contribution in [3.05, 3.63) is 10.6 Å². The van der Waals surface area contributed by atoms with E-state index in [0.717, 1.165) is 30.1 Å². The zero-order valence-corrected chi connectivity index (χ0v) is 11.1. The van der Waals surface area contributed by atoms with Crippen molar-refractivity contribution in [2.45, 2.75) is 38.8 Å². The van der Waals surface area contributed by atoms with E-state index in [4.69, 9.17) is 4.74 Å². The van der Waals surface area contributed by atoms with Gasteiger partial charge in [0.2, 0.25) is 0 Å². The van der Waals surface area contributed by atoms with Crippen molar-refractivity contribution in [3.63, 3.8) is 0 Å². The van der Waals surface area contributed by atoms with Crippen LogP contribution in [0.5, 0.6) is 0 Å². The Balaban J connectivity index is 2.23. The Morgan fingerprint density at radius 1 is 1.65 bits per heavy atom. The van der Waals surface area contributed by atoms with Gasteiger partial charge in [0.05, 0.1) is 17.2 Å². The number of carbonyl (C=O) groups excluding carboxylic acids is 1. The number of rotatable bonds is 5. The van der Waals surface area contributed by atoms with Crippen molar-refractivity contribution in [1.29, 1.82) is 0 Å². The second-order valence-electron chi connectivity index (χ2n) is 4.26. The third-order valence-corrected chi connectivity index (χ3v) is 4.26. The molecule has 1 aliphatic heterocycles. The van der Waals surface area contributed by atoms with Crippen LogP contribution in [0.4, 0.5) is 5.13 Å². The molecule has 0 aromatic carbocycles. The van der Waals surface area contributed by atoms with Crippen molar-refractivity contribution in [3.8, 4) is 0 Å². The fourth-order valence-electron chi connectivity index (χ4n) is 2.32. The minimum absolute atomic E-state index is 0.412. The molecule has 1 saturated heterocycles. The molecule has 0 bridgehead atoms. The summed E-state index contributed by atoms with van der Waals surface area (Å²) in [5.41, 5.74) is 0.768. The SMILES string of the molecule is CCC1CCCN1c1nc(COC)c(C=O)s1. The Bertz CT molecular complexity index is 392. The van der Waals surface area contributed by atoms with Gasteiger partial charge in [-0.2, -0.15) is 0 Å². The summed E-state index contributed by atoms with van der Waals surface area (Å²) in [5.74, 6) is 0. The van der Waals surface area contributed by atoms with E-state index >= 15 is 0 Å². The Morgan fingerprint density at radius 2 is 2.47 bits per heavy atom. The number of aldehydes is 1. The summed E-state index contributed by atoms with van der Waals surface area (Å²) in [6, 6.07) is 0.580. The summed E-state index contributed by atoms with van der Waals surface area (Å²) in [4.78, 5) is 18.5. The van der Waals surface area contributed by atoms with Crippen molar-refractivity contribution in [2.24, 2.45) is 0 Å². The molecule has 17 heavy (non-hydrogen) atoms. The van der Waals surface area contributed by atoms with Crippen LogP contribution in [0, 0.1) is 0 Å². The molecule has 1 aromatic heterocycles. The second-order valence-corrected chi connectivity index (χ2v) is 5.27. The van der Waals surface area contributed by atoms with Gasteiger partial charge in [-0.1, -0.05) is 18.3 Å². The van der Waals surface area contributed by atoms with Crippen LogP contribution in [-0.4, -0.2) is 31.0 Å². The molecule has 1 unspecified atom stereocenters. The van der Waals surface area contributed by atoms with Gasteiger partial charge >= 0.3 is 0 Å². The van der Waals surface area contributed by atoms with Crippen molar-refractivity contribution >= 4 is 22.8 Å². The molecule has 0 aliphatic carbocycles. The van der Waals surface area contributed by atoms with Gasteiger partial charge in [-0.05, 0) is 19.3 Å². The van der Waals surface area contributed by atoms with Crippen LogP contribution in [0.3, 0.4) is 0 Å². The minimum Gasteiger partial charge on any atom is -0.378 e. The first-order valence-electron chi connectivity index (χ1n) is 6.00. The van der Waals surface area contributed by atoms with E-state index in [1.807, 2.05) is 0 Å². The molecule has 2 heterocycles. The first kappa shape index (κ1) is 12.5. The van der Waals surface area contributed by atoms with Crippen LogP contribution in [-0.2, 0) is 11.3 Å². The fraction of sp³-hybridized carbons (Fsp3) is 0.667. The molecule has 4 nitrogen and oxygen atoms in total. The maximum absolute atomic E-state index is 11.0. The highest BCUT2D eigenvalue weighted by Crippen LogP contribution is 2.32. The summed E-state index contributed by atoms with van der Waals surface area (Å²) < 4.78 is 5.07. The average Bonchev–Trinajstić information content (AvgIpc) is 2.94. The number of aromatic nitrogens is 1. The van der Waals surface area contributed by atoms with E-state index in [9.17, 15) is 4.79 Å². The van der Waals surface area contributed by atoms with E-state index in [2.05, 4.69) is 16.8 Å². The summed E-state index contributed by atoms with van der Waals surface area (Å²) in [6.07, 6.45) is 4.46. The molecule has 0 amide bonds. The first-order chi connectivity index (χ1) is 8.30. The number of ether oxygens (including phenoxy) is 1. The Morgan fingerprint density at radius 3 is 3.12 bits per heavy atom. The number of methoxy groups -OCH3 is 1. The van der Waals surface area contributed by atoms with Crippen LogP contribution in [0.1, 0.15) is 41.6 Å². The third-order valence-electron chi connectivity index (χ3n) is 3.20. The van der Waals surface area contributed by atoms with E-state index in [0.29, 0.717) is 17.5 Å². The van der Waals surface area contributed by atoms with Crippen molar-refractivity contribution in [1.82, 2.24) is 4.98 Å². The molecule has 0 saturated carbocycles. The minimum atomic E-state index is 0.412. The molecular formula is C12H18N2O2S. The molecular weight excluding hydrogens is 236 g/mol. The molecule has 2 rings (SSSR count). The molecule has 1 atom stereocenters. The molecule has 0 N–H and O–H groups in total. The molecule has 1 fully saturated rings. The number of nitrogens with zero attached hydrogens (tertiary/aromatic N) is 2. The maximum Gasteiger partial charge on any atom is 0.186 e. The first-order valence-corrected chi connectivity index (χ1v) is 6.82. The Labute approximate surface area is 106 Å². The van der Waals surface area contributed by atoms with Crippen LogP contribution in [0.15, 0.2) is 0 Å².